The minimum Gasteiger partial charge on any atom is -0.497 e. The molecule has 19 heavy (non-hydrogen) atoms. The Bertz CT molecular complexity index is 396. The highest BCUT2D eigenvalue weighted by Gasteiger charge is 2.35. The Kier molecular flexibility index (Phi) is 7.23. The number of hydrogen-bond acceptors (Lipinski definition) is 2. The molecule has 0 spiro atoms. The number of alkyl halides is 3. The van der Waals surface area contributed by atoms with E-state index in [1.165, 1.54) is 19.2 Å². The van der Waals surface area contributed by atoms with Gasteiger partial charge in [-0.15, -0.1) is 12.4 Å². The van der Waals surface area contributed by atoms with E-state index in [1.54, 1.807) is 0 Å². The van der Waals surface area contributed by atoms with Crippen molar-refractivity contribution in [2.24, 2.45) is 5.73 Å². The van der Waals surface area contributed by atoms with Gasteiger partial charge in [-0.2, -0.15) is 13.2 Å². The quantitative estimate of drug-likeness (QED) is 0.878. The fourth-order valence-electron chi connectivity index (χ4n) is 1.81. The maximum absolute atomic E-state index is 12.9. The van der Waals surface area contributed by atoms with Gasteiger partial charge in [-0.05, 0) is 24.1 Å². The third kappa shape index (κ3) is 4.91. The molecular weight excluding hydrogens is 279 g/mol. The lowest BCUT2D eigenvalue weighted by Gasteiger charge is -2.19. The fraction of sp³-hybridized carbons (Fsp3) is 0.538. The molecule has 0 saturated heterocycles. The first-order chi connectivity index (χ1) is 8.40. The van der Waals surface area contributed by atoms with Gasteiger partial charge in [-0.3, -0.25) is 0 Å². The summed E-state index contributed by atoms with van der Waals surface area (Å²) in [6.07, 6.45) is -2.14. The first kappa shape index (κ1) is 18.1. The van der Waals surface area contributed by atoms with Crippen LogP contribution in [0, 0.1) is 0 Å². The van der Waals surface area contributed by atoms with Crippen molar-refractivity contribution in [3.8, 4) is 5.75 Å². The summed E-state index contributed by atoms with van der Waals surface area (Å²) < 4.78 is 43.6. The van der Waals surface area contributed by atoms with E-state index in [1.807, 2.05) is 6.92 Å². The van der Waals surface area contributed by atoms with Gasteiger partial charge in [-0.1, -0.05) is 25.8 Å². The summed E-state index contributed by atoms with van der Waals surface area (Å²) in [5.74, 6) is 0.189. The van der Waals surface area contributed by atoms with Crippen molar-refractivity contribution >= 4 is 12.4 Å². The van der Waals surface area contributed by atoms with Gasteiger partial charge >= 0.3 is 6.18 Å². The third-order valence-corrected chi connectivity index (χ3v) is 2.83. The average Bonchev–Trinajstić information content (AvgIpc) is 2.34. The Hall–Kier alpha value is -0.940. The van der Waals surface area contributed by atoms with Crippen LogP contribution < -0.4 is 10.5 Å². The summed E-state index contributed by atoms with van der Waals surface area (Å²) in [6, 6.07) is 3.33. The first-order valence-electron chi connectivity index (χ1n) is 5.90. The van der Waals surface area contributed by atoms with E-state index >= 15 is 0 Å². The molecule has 0 aliphatic carbocycles. The van der Waals surface area contributed by atoms with E-state index in [2.05, 4.69) is 0 Å². The molecule has 0 heterocycles. The first-order valence-corrected chi connectivity index (χ1v) is 5.90. The summed E-state index contributed by atoms with van der Waals surface area (Å²) in [6.45, 7) is 1.98. The zero-order valence-electron chi connectivity index (χ0n) is 11.0. The maximum Gasteiger partial charge on any atom is 0.416 e. The van der Waals surface area contributed by atoms with Crippen molar-refractivity contribution in [3.05, 3.63) is 29.3 Å². The second kappa shape index (κ2) is 7.60. The third-order valence-electron chi connectivity index (χ3n) is 2.83. The molecular formula is C13H19ClF3NO. The van der Waals surface area contributed by atoms with Crippen LogP contribution in [0.3, 0.4) is 0 Å². The van der Waals surface area contributed by atoms with Crippen LogP contribution in [0.2, 0.25) is 0 Å². The Morgan fingerprint density at radius 2 is 1.95 bits per heavy atom. The maximum atomic E-state index is 12.9. The average molecular weight is 298 g/mol. The fourth-order valence-corrected chi connectivity index (χ4v) is 1.81. The molecule has 0 radical (unpaired) electrons. The van der Waals surface area contributed by atoms with Crippen LogP contribution in [0.15, 0.2) is 18.2 Å². The molecule has 0 amide bonds. The highest BCUT2D eigenvalue weighted by molar-refractivity contribution is 5.85. The monoisotopic (exact) mass is 297 g/mol. The predicted octanol–water partition coefficient (Wildman–Crippen LogP) is 4.33. The van der Waals surface area contributed by atoms with Crippen molar-refractivity contribution in [1.82, 2.24) is 0 Å². The highest BCUT2D eigenvalue weighted by Crippen LogP contribution is 2.37. The molecule has 110 valence electrons. The zero-order chi connectivity index (χ0) is 13.8. The molecule has 0 aliphatic heterocycles. The summed E-state index contributed by atoms with van der Waals surface area (Å²) >= 11 is 0. The van der Waals surface area contributed by atoms with E-state index in [-0.39, 0.29) is 23.7 Å². The van der Waals surface area contributed by atoms with Gasteiger partial charge in [0.25, 0.3) is 0 Å². The Balaban J connectivity index is 0.00000324. The topological polar surface area (TPSA) is 35.2 Å². The van der Waals surface area contributed by atoms with Crippen molar-refractivity contribution in [3.63, 3.8) is 0 Å². The van der Waals surface area contributed by atoms with E-state index in [0.717, 1.165) is 18.9 Å². The van der Waals surface area contributed by atoms with Crippen LogP contribution >= 0.6 is 12.4 Å². The van der Waals surface area contributed by atoms with Gasteiger partial charge in [0.2, 0.25) is 0 Å². The smallest absolute Gasteiger partial charge is 0.416 e. The number of ether oxygens (including phenoxy) is 1. The minimum absolute atomic E-state index is 0. The van der Waals surface area contributed by atoms with Crippen LogP contribution in [0.4, 0.5) is 13.2 Å². The van der Waals surface area contributed by atoms with E-state index in [4.69, 9.17) is 10.5 Å². The number of unbranched alkanes of at least 4 members (excludes halogenated alkanes) is 1. The number of methoxy groups -OCH3 is 1. The molecule has 1 atom stereocenters. The van der Waals surface area contributed by atoms with Gasteiger partial charge in [-0.25, -0.2) is 0 Å². The normalized spacial score (nSPS) is 12.7. The molecule has 1 aromatic rings. The lowest BCUT2D eigenvalue weighted by Crippen LogP contribution is -2.17. The van der Waals surface area contributed by atoms with E-state index < -0.39 is 17.8 Å². The van der Waals surface area contributed by atoms with Crippen molar-refractivity contribution in [1.29, 1.82) is 0 Å². The molecule has 0 aromatic heterocycles. The summed E-state index contributed by atoms with van der Waals surface area (Å²) in [4.78, 5) is 0. The van der Waals surface area contributed by atoms with Gasteiger partial charge in [0.05, 0.1) is 12.7 Å². The van der Waals surface area contributed by atoms with Crippen LogP contribution in [0.5, 0.6) is 5.75 Å². The van der Waals surface area contributed by atoms with Crippen LogP contribution in [0.25, 0.3) is 0 Å². The second-order valence-electron chi connectivity index (χ2n) is 4.20. The molecule has 6 heteroatoms. The number of rotatable bonds is 5. The Morgan fingerprint density at radius 1 is 1.32 bits per heavy atom. The van der Waals surface area contributed by atoms with Crippen LogP contribution in [0.1, 0.15) is 43.4 Å². The minimum atomic E-state index is -4.41. The van der Waals surface area contributed by atoms with Gasteiger partial charge < -0.3 is 10.5 Å². The summed E-state index contributed by atoms with van der Waals surface area (Å²) in [5.41, 5.74) is 5.26. The lowest BCUT2D eigenvalue weighted by atomic mass is 9.96. The standard InChI is InChI=1S/C13H18F3NO.ClH/c1-3-4-5-12(17)10-7-6-9(18-2)8-11(10)13(14,15)16;/h6-8,12H,3-5,17H2,1-2H3;1H/t12-;/m1./s1. The van der Waals surface area contributed by atoms with Crippen LogP contribution in [-0.4, -0.2) is 7.11 Å². The molecule has 0 fully saturated rings. The lowest BCUT2D eigenvalue weighted by molar-refractivity contribution is -0.138. The Labute approximate surface area is 117 Å². The number of halogens is 4. The number of benzene rings is 1. The molecule has 2 N–H and O–H groups in total. The van der Waals surface area contributed by atoms with Gasteiger partial charge in [0, 0.05) is 6.04 Å². The summed E-state index contributed by atoms with van der Waals surface area (Å²) in [5, 5.41) is 0. The highest BCUT2D eigenvalue weighted by atomic mass is 35.5. The van der Waals surface area contributed by atoms with E-state index in [0.29, 0.717) is 6.42 Å². The van der Waals surface area contributed by atoms with Crippen molar-refractivity contribution < 1.29 is 17.9 Å². The number of nitrogens with two attached hydrogens (primary N) is 1. The van der Waals surface area contributed by atoms with Gasteiger partial charge in [0.1, 0.15) is 5.75 Å². The SMILES string of the molecule is CCCC[C@@H](N)c1ccc(OC)cc1C(F)(F)F.Cl. The second-order valence-corrected chi connectivity index (χ2v) is 4.20. The van der Waals surface area contributed by atoms with Crippen molar-refractivity contribution in [2.45, 2.75) is 38.4 Å². The molecule has 0 saturated carbocycles. The summed E-state index contributed by atoms with van der Waals surface area (Å²) in [7, 11) is 1.34. The largest absolute Gasteiger partial charge is 0.497 e. The predicted molar refractivity (Wildman–Crippen MR) is 71.7 cm³/mol. The van der Waals surface area contributed by atoms with Crippen LogP contribution in [-0.2, 0) is 6.18 Å². The molecule has 0 aliphatic rings. The van der Waals surface area contributed by atoms with E-state index in [9.17, 15) is 13.2 Å². The molecule has 1 rings (SSSR count). The Morgan fingerprint density at radius 3 is 2.42 bits per heavy atom. The van der Waals surface area contributed by atoms with Crippen molar-refractivity contribution in [2.75, 3.05) is 7.11 Å². The molecule has 0 unspecified atom stereocenters. The number of hydrogen-bond donors (Lipinski definition) is 1. The molecule has 0 bridgehead atoms. The molecule has 2 nitrogen and oxygen atoms in total. The van der Waals surface area contributed by atoms with Gasteiger partial charge in [0.15, 0.2) is 0 Å². The molecule has 1 aromatic carbocycles. The zero-order valence-corrected chi connectivity index (χ0v) is 11.8.